The van der Waals surface area contributed by atoms with E-state index in [0.29, 0.717) is 5.92 Å². The Bertz CT molecular complexity index is 743. The van der Waals surface area contributed by atoms with Crippen molar-refractivity contribution >= 4 is 5.91 Å². The molecule has 3 nitrogen and oxygen atoms in total. The maximum atomic E-state index is 12.9. The van der Waals surface area contributed by atoms with Crippen LogP contribution in [0, 0.1) is 12.8 Å². The van der Waals surface area contributed by atoms with Gasteiger partial charge in [-0.05, 0) is 43.7 Å². The van der Waals surface area contributed by atoms with Crippen molar-refractivity contribution in [3.05, 3.63) is 71.3 Å². The van der Waals surface area contributed by atoms with Gasteiger partial charge in [0, 0.05) is 25.7 Å². The van der Waals surface area contributed by atoms with Crippen molar-refractivity contribution in [2.75, 3.05) is 13.1 Å². The fraction of sp³-hybridized carbons (Fsp3) is 0.458. The van der Waals surface area contributed by atoms with Gasteiger partial charge in [-0.1, -0.05) is 67.1 Å². The van der Waals surface area contributed by atoms with Crippen molar-refractivity contribution in [3.8, 4) is 0 Å². The monoisotopic (exact) mass is 364 g/mol. The zero-order valence-electron chi connectivity index (χ0n) is 16.8. The number of carbonyl (C=O) groups is 1. The molecule has 1 aliphatic heterocycles. The lowest BCUT2D eigenvalue weighted by molar-refractivity contribution is -0.127. The fourth-order valence-corrected chi connectivity index (χ4v) is 3.98. The van der Waals surface area contributed by atoms with Crippen LogP contribution in [0.4, 0.5) is 0 Å². The Morgan fingerprint density at radius 3 is 2.63 bits per heavy atom. The van der Waals surface area contributed by atoms with Gasteiger partial charge in [-0.3, -0.25) is 9.69 Å². The zero-order chi connectivity index (χ0) is 19.2. The van der Waals surface area contributed by atoms with Crippen molar-refractivity contribution in [1.29, 1.82) is 0 Å². The van der Waals surface area contributed by atoms with E-state index < -0.39 is 0 Å². The molecule has 2 aromatic rings. The average molecular weight is 365 g/mol. The molecule has 0 saturated carbocycles. The number of nitrogens with zero attached hydrogens (tertiary/aromatic N) is 1. The Balaban J connectivity index is 1.78. The molecule has 27 heavy (non-hydrogen) atoms. The Kier molecular flexibility index (Phi) is 6.68. The van der Waals surface area contributed by atoms with E-state index >= 15 is 0 Å². The minimum absolute atomic E-state index is 0.0435. The average Bonchev–Trinajstić information content (AvgIpc) is 2.68. The van der Waals surface area contributed by atoms with Crippen molar-refractivity contribution < 1.29 is 4.79 Å². The number of carbonyl (C=O) groups excluding carboxylic acids is 1. The number of nitrogens with one attached hydrogen (secondary N) is 1. The molecular formula is C24H32N2O. The van der Waals surface area contributed by atoms with Crippen LogP contribution in [-0.4, -0.2) is 29.9 Å². The van der Waals surface area contributed by atoms with Crippen LogP contribution in [0.25, 0.3) is 0 Å². The lowest BCUT2D eigenvalue weighted by Gasteiger charge is -2.38. The molecule has 0 unspecified atom stereocenters. The second-order valence-corrected chi connectivity index (χ2v) is 8.04. The molecule has 0 spiro atoms. The van der Waals surface area contributed by atoms with Crippen LogP contribution in [0.5, 0.6) is 0 Å². The fourth-order valence-electron chi connectivity index (χ4n) is 3.98. The number of rotatable bonds is 6. The summed E-state index contributed by atoms with van der Waals surface area (Å²) >= 11 is 0. The largest absolute Gasteiger partial charge is 0.353 e. The standard InChI is InChI=1S/C24H32N2O/c1-4-19(3)25-24(27)23-14-22(21-12-8-9-18(2)13-21)16-26(17-23)15-20-10-6-5-7-11-20/h5-13,19,22-23H,4,14-17H2,1-3H3,(H,25,27)/t19-,22+,23+/m0/s1. The molecule has 0 bridgehead atoms. The molecule has 0 radical (unpaired) electrons. The van der Waals surface area contributed by atoms with Crippen LogP contribution in [0.3, 0.4) is 0 Å². The summed E-state index contributed by atoms with van der Waals surface area (Å²) < 4.78 is 0. The first-order chi connectivity index (χ1) is 13.0. The topological polar surface area (TPSA) is 32.3 Å². The molecule has 3 rings (SSSR count). The third-order valence-corrected chi connectivity index (χ3v) is 5.66. The van der Waals surface area contributed by atoms with Crippen molar-refractivity contribution in [3.63, 3.8) is 0 Å². The predicted octanol–water partition coefficient (Wildman–Crippen LogP) is 4.52. The van der Waals surface area contributed by atoms with Gasteiger partial charge >= 0.3 is 0 Å². The SMILES string of the molecule is CC[C@H](C)NC(=O)[C@@H]1C[C@@H](c2cccc(C)c2)CN(Cc2ccccc2)C1. The maximum absolute atomic E-state index is 12.9. The molecule has 0 aromatic heterocycles. The van der Waals surface area contributed by atoms with E-state index in [0.717, 1.165) is 32.5 Å². The number of likely N-dealkylation sites (tertiary alicyclic amines) is 1. The summed E-state index contributed by atoms with van der Waals surface area (Å²) in [7, 11) is 0. The molecule has 1 aliphatic rings. The molecule has 2 aromatic carbocycles. The summed E-state index contributed by atoms with van der Waals surface area (Å²) in [6.07, 6.45) is 1.89. The van der Waals surface area contributed by atoms with E-state index in [1.807, 2.05) is 0 Å². The van der Waals surface area contributed by atoms with Crippen molar-refractivity contribution in [2.45, 2.75) is 52.1 Å². The van der Waals surface area contributed by atoms with Gasteiger partial charge in [-0.15, -0.1) is 0 Å². The van der Waals surface area contributed by atoms with Gasteiger partial charge < -0.3 is 5.32 Å². The van der Waals surface area contributed by atoms with E-state index in [1.165, 1.54) is 16.7 Å². The van der Waals surface area contributed by atoms with E-state index in [-0.39, 0.29) is 17.9 Å². The lowest BCUT2D eigenvalue weighted by atomic mass is 9.83. The zero-order valence-corrected chi connectivity index (χ0v) is 16.8. The first kappa shape index (κ1) is 19.6. The Morgan fingerprint density at radius 2 is 1.93 bits per heavy atom. The molecule has 3 heteroatoms. The number of piperidine rings is 1. The number of hydrogen-bond donors (Lipinski definition) is 1. The number of aryl methyl sites for hydroxylation is 1. The molecule has 3 atom stereocenters. The molecule has 1 N–H and O–H groups in total. The third kappa shape index (κ3) is 5.43. The molecule has 0 aliphatic carbocycles. The highest BCUT2D eigenvalue weighted by Crippen LogP contribution is 2.31. The van der Waals surface area contributed by atoms with Gasteiger partial charge in [-0.2, -0.15) is 0 Å². The van der Waals surface area contributed by atoms with Crippen LogP contribution in [-0.2, 0) is 11.3 Å². The van der Waals surface area contributed by atoms with E-state index in [2.05, 4.69) is 85.6 Å². The maximum Gasteiger partial charge on any atom is 0.224 e. The highest BCUT2D eigenvalue weighted by molar-refractivity contribution is 5.79. The lowest BCUT2D eigenvalue weighted by Crippen LogP contribution is -2.47. The van der Waals surface area contributed by atoms with Crippen LogP contribution in [0.1, 0.15) is 49.3 Å². The van der Waals surface area contributed by atoms with Crippen molar-refractivity contribution in [2.24, 2.45) is 5.92 Å². The smallest absolute Gasteiger partial charge is 0.224 e. The van der Waals surface area contributed by atoms with Crippen LogP contribution >= 0.6 is 0 Å². The molecular weight excluding hydrogens is 332 g/mol. The summed E-state index contributed by atoms with van der Waals surface area (Å²) in [5.41, 5.74) is 3.95. The Labute approximate surface area is 163 Å². The first-order valence-electron chi connectivity index (χ1n) is 10.2. The normalized spacial score (nSPS) is 21.6. The summed E-state index contributed by atoms with van der Waals surface area (Å²) in [5.74, 6) is 0.650. The summed E-state index contributed by atoms with van der Waals surface area (Å²) in [6.45, 7) is 9.08. The number of benzene rings is 2. The predicted molar refractivity (Wildman–Crippen MR) is 112 cm³/mol. The second kappa shape index (κ2) is 9.18. The van der Waals surface area contributed by atoms with E-state index in [4.69, 9.17) is 0 Å². The van der Waals surface area contributed by atoms with Crippen LogP contribution in [0.2, 0.25) is 0 Å². The minimum atomic E-state index is 0.0435. The Hall–Kier alpha value is -2.13. The second-order valence-electron chi connectivity index (χ2n) is 8.04. The van der Waals surface area contributed by atoms with Crippen LogP contribution in [0.15, 0.2) is 54.6 Å². The van der Waals surface area contributed by atoms with Gasteiger partial charge in [0.25, 0.3) is 0 Å². The van der Waals surface area contributed by atoms with Crippen LogP contribution < -0.4 is 5.32 Å². The summed E-state index contributed by atoms with van der Waals surface area (Å²) in [5, 5.41) is 3.20. The molecule has 1 saturated heterocycles. The van der Waals surface area contributed by atoms with Gasteiger partial charge in [0.15, 0.2) is 0 Å². The quantitative estimate of drug-likeness (QED) is 0.817. The molecule has 1 amide bonds. The number of hydrogen-bond acceptors (Lipinski definition) is 2. The third-order valence-electron chi connectivity index (χ3n) is 5.66. The van der Waals surface area contributed by atoms with E-state index in [1.54, 1.807) is 0 Å². The van der Waals surface area contributed by atoms with Gasteiger partial charge in [-0.25, -0.2) is 0 Å². The Morgan fingerprint density at radius 1 is 1.15 bits per heavy atom. The molecule has 1 fully saturated rings. The molecule has 144 valence electrons. The van der Waals surface area contributed by atoms with Gasteiger partial charge in [0.1, 0.15) is 0 Å². The van der Waals surface area contributed by atoms with E-state index in [9.17, 15) is 4.79 Å². The summed E-state index contributed by atoms with van der Waals surface area (Å²) in [6, 6.07) is 19.6. The van der Waals surface area contributed by atoms with Crippen molar-refractivity contribution in [1.82, 2.24) is 10.2 Å². The molecule has 1 heterocycles. The minimum Gasteiger partial charge on any atom is -0.353 e. The number of amides is 1. The van der Waals surface area contributed by atoms with Gasteiger partial charge in [0.05, 0.1) is 5.92 Å². The summed E-state index contributed by atoms with van der Waals surface area (Å²) in [4.78, 5) is 15.3. The first-order valence-corrected chi connectivity index (χ1v) is 10.2. The highest BCUT2D eigenvalue weighted by Gasteiger charge is 2.32. The highest BCUT2D eigenvalue weighted by atomic mass is 16.2. The van der Waals surface area contributed by atoms with Gasteiger partial charge in [0.2, 0.25) is 5.91 Å².